The van der Waals surface area contributed by atoms with Gasteiger partial charge >= 0.3 is 0 Å². The summed E-state index contributed by atoms with van der Waals surface area (Å²) in [7, 11) is -3.69. The molecule has 0 aliphatic carbocycles. The number of thiazole rings is 1. The first kappa shape index (κ1) is 21.9. The number of nitro benzene ring substituents is 1. The number of aromatic nitrogens is 1. The number of hydrogen-bond acceptors (Lipinski definition) is 7. The highest BCUT2D eigenvalue weighted by Gasteiger charge is 2.29. The van der Waals surface area contributed by atoms with E-state index in [0.29, 0.717) is 26.2 Å². The molecule has 8 nitrogen and oxygen atoms in total. The number of piperazine rings is 1. The van der Waals surface area contributed by atoms with Crippen LogP contribution >= 0.6 is 27.3 Å². The summed E-state index contributed by atoms with van der Waals surface area (Å²) in [6.07, 6.45) is 0.741. The maximum absolute atomic E-state index is 12.9. The SMILES string of the molecule is O=[N+]([O-])c1ccc(S(=O)(=O)N2CCN(c3nc(Cc4cccc(Br)c4)cs3)CC2)cc1. The van der Waals surface area contributed by atoms with Crippen LogP contribution in [0.4, 0.5) is 10.8 Å². The van der Waals surface area contributed by atoms with Crippen molar-refractivity contribution in [2.24, 2.45) is 0 Å². The van der Waals surface area contributed by atoms with Crippen molar-refractivity contribution in [3.05, 3.63) is 79.8 Å². The number of benzene rings is 2. The Balaban J connectivity index is 1.39. The minimum Gasteiger partial charge on any atom is -0.345 e. The third kappa shape index (κ3) is 4.95. The number of anilines is 1. The highest BCUT2D eigenvalue weighted by atomic mass is 79.9. The molecule has 0 bridgehead atoms. The molecule has 1 fully saturated rings. The van der Waals surface area contributed by atoms with Crippen LogP contribution in [-0.2, 0) is 16.4 Å². The Morgan fingerprint density at radius 2 is 1.81 bits per heavy atom. The lowest BCUT2D eigenvalue weighted by Gasteiger charge is -2.33. The van der Waals surface area contributed by atoms with Gasteiger partial charge in [-0.3, -0.25) is 10.1 Å². The van der Waals surface area contributed by atoms with Crippen LogP contribution in [0.1, 0.15) is 11.3 Å². The summed E-state index contributed by atoms with van der Waals surface area (Å²) in [6, 6.07) is 13.1. The van der Waals surface area contributed by atoms with Crippen LogP contribution in [0.3, 0.4) is 0 Å². The summed E-state index contributed by atoms with van der Waals surface area (Å²) >= 11 is 5.04. The van der Waals surface area contributed by atoms with Gasteiger partial charge in [0.2, 0.25) is 10.0 Å². The molecule has 2 heterocycles. The molecule has 1 aliphatic heterocycles. The van der Waals surface area contributed by atoms with Gasteiger partial charge in [-0.05, 0) is 29.8 Å². The zero-order chi connectivity index (χ0) is 22.0. The van der Waals surface area contributed by atoms with Gasteiger partial charge in [-0.15, -0.1) is 11.3 Å². The van der Waals surface area contributed by atoms with Gasteiger partial charge < -0.3 is 4.90 Å². The topological polar surface area (TPSA) is 96.6 Å². The van der Waals surface area contributed by atoms with Crippen molar-refractivity contribution in [2.75, 3.05) is 31.1 Å². The number of nitrogens with zero attached hydrogens (tertiary/aromatic N) is 4. The zero-order valence-electron chi connectivity index (χ0n) is 16.3. The Hall–Kier alpha value is -2.34. The normalized spacial score (nSPS) is 15.2. The molecule has 0 spiro atoms. The largest absolute Gasteiger partial charge is 0.345 e. The van der Waals surface area contributed by atoms with Crippen molar-refractivity contribution >= 4 is 48.1 Å². The van der Waals surface area contributed by atoms with Crippen molar-refractivity contribution in [3.8, 4) is 0 Å². The predicted molar refractivity (Wildman–Crippen MR) is 123 cm³/mol. The predicted octanol–water partition coefficient (Wildman–Crippen LogP) is 3.92. The van der Waals surface area contributed by atoms with Crippen LogP contribution in [0, 0.1) is 10.1 Å². The van der Waals surface area contributed by atoms with E-state index in [1.807, 2.05) is 17.5 Å². The first-order valence-electron chi connectivity index (χ1n) is 9.51. The quantitative estimate of drug-likeness (QED) is 0.359. The summed E-state index contributed by atoms with van der Waals surface area (Å²) in [6.45, 7) is 1.74. The number of non-ortho nitro benzene ring substituents is 1. The van der Waals surface area contributed by atoms with Crippen molar-refractivity contribution in [1.29, 1.82) is 0 Å². The van der Waals surface area contributed by atoms with Gasteiger partial charge in [-0.2, -0.15) is 4.31 Å². The van der Waals surface area contributed by atoms with Crippen molar-refractivity contribution in [1.82, 2.24) is 9.29 Å². The minimum absolute atomic E-state index is 0.0668. The molecule has 1 aliphatic rings. The number of sulfonamides is 1. The summed E-state index contributed by atoms with van der Waals surface area (Å²) in [5, 5.41) is 13.7. The standard InChI is InChI=1S/C20H19BrN4O4S2/c21-16-3-1-2-15(12-16)13-17-14-30-20(22-17)23-8-10-24(11-9-23)31(28,29)19-6-4-18(5-7-19)25(26)27/h1-7,12,14H,8-11,13H2. The van der Waals surface area contributed by atoms with Crippen LogP contribution < -0.4 is 4.90 Å². The average Bonchev–Trinajstić information content (AvgIpc) is 3.22. The Bertz CT molecular complexity index is 1190. The molecule has 2 aromatic carbocycles. The molecule has 31 heavy (non-hydrogen) atoms. The Kier molecular flexibility index (Phi) is 6.37. The Morgan fingerprint density at radius 3 is 2.45 bits per heavy atom. The monoisotopic (exact) mass is 522 g/mol. The van der Waals surface area contributed by atoms with E-state index in [0.717, 1.165) is 21.7 Å². The fourth-order valence-electron chi connectivity index (χ4n) is 3.39. The van der Waals surface area contributed by atoms with E-state index in [9.17, 15) is 18.5 Å². The van der Waals surface area contributed by atoms with E-state index in [1.165, 1.54) is 34.1 Å². The van der Waals surface area contributed by atoms with E-state index in [1.54, 1.807) is 11.3 Å². The van der Waals surface area contributed by atoms with Crippen molar-refractivity contribution < 1.29 is 13.3 Å². The van der Waals surface area contributed by atoms with Crippen molar-refractivity contribution in [2.45, 2.75) is 11.3 Å². The molecule has 11 heteroatoms. The van der Waals surface area contributed by atoms with Gasteiger partial charge in [0.15, 0.2) is 5.13 Å². The summed E-state index contributed by atoms with van der Waals surface area (Å²) in [5.74, 6) is 0. The fourth-order valence-corrected chi connectivity index (χ4v) is 6.14. The van der Waals surface area contributed by atoms with E-state index in [4.69, 9.17) is 4.98 Å². The number of rotatable bonds is 6. The lowest BCUT2D eigenvalue weighted by Crippen LogP contribution is -2.48. The van der Waals surface area contributed by atoms with E-state index >= 15 is 0 Å². The molecule has 0 radical (unpaired) electrons. The zero-order valence-corrected chi connectivity index (χ0v) is 19.6. The molecule has 0 atom stereocenters. The number of halogens is 1. The first-order chi connectivity index (χ1) is 14.8. The van der Waals surface area contributed by atoms with Gasteiger partial charge in [-0.1, -0.05) is 28.1 Å². The molecule has 0 unspecified atom stereocenters. The summed E-state index contributed by atoms with van der Waals surface area (Å²) in [4.78, 5) is 17.1. The molecule has 162 valence electrons. The molecular weight excluding hydrogens is 504 g/mol. The van der Waals surface area contributed by atoms with E-state index in [2.05, 4.69) is 33.0 Å². The second kappa shape index (κ2) is 9.03. The van der Waals surface area contributed by atoms with Gasteiger partial charge in [-0.25, -0.2) is 13.4 Å². The maximum atomic E-state index is 12.9. The van der Waals surface area contributed by atoms with Crippen LogP contribution in [-0.4, -0.2) is 48.8 Å². The van der Waals surface area contributed by atoms with Crippen LogP contribution in [0.2, 0.25) is 0 Å². The lowest BCUT2D eigenvalue weighted by molar-refractivity contribution is -0.384. The molecule has 0 amide bonds. The summed E-state index contributed by atoms with van der Waals surface area (Å²) < 4.78 is 28.2. The van der Waals surface area contributed by atoms with Gasteiger partial charge in [0.1, 0.15) is 0 Å². The third-order valence-electron chi connectivity index (χ3n) is 5.01. The van der Waals surface area contributed by atoms with Crippen molar-refractivity contribution in [3.63, 3.8) is 0 Å². The minimum atomic E-state index is -3.69. The molecule has 0 N–H and O–H groups in total. The molecule has 4 rings (SSSR count). The first-order valence-corrected chi connectivity index (χ1v) is 12.6. The molecular formula is C20H19BrN4O4S2. The van der Waals surface area contributed by atoms with Crippen LogP contribution in [0.25, 0.3) is 0 Å². The molecule has 1 saturated heterocycles. The second-order valence-electron chi connectivity index (χ2n) is 7.07. The number of hydrogen-bond donors (Lipinski definition) is 0. The van der Waals surface area contributed by atoms with Gasteiger partial charge in [0, 0.05) is 54.6 Å². The maximum Gasteiger partial charge on any atom is 0.269 e. The van der Waals surface area contributed by atoms with E-state index < -0.39 is 14.9 Å². The summed E-state index contributed by atoms with van der Waals surface area (Å²) in [5.41, 5.74) is 2.02. The second-order valence-corrected chi connectivity index (χ2v) is 10.8. The Morgan fingerprint density at radius 1 is 1.10 bits per heavy atom. The highest BCUT2D eigenvalue weighted by molar-refractivity contribution is 9.10. The molecule has 0 saturated carbocycles. The lowest BCUT2D eigenvalue weighted by atomic mass is 10.1. The number of nitro groups is 1. The fraction of sp³-hybridized carbons (Fsp3) is 0.250. The van der Waals surface area contributed by atoms with Crippen LogP contribution in [0.15, 0.2) is 63.3 Å². The molecule has 3 aromatic rings. The van der Waals surface area contributed by atoms with E-state index in [-0.39, 0.29) is 10.6 Å². The smallest absolute Gasteiger partial charge is 0.269 e. The highest BCUT2D eigenvalue weighted by Crippen LogP contribution is 2.26. The third-order valence-corrected chi connectivity index (χ3v) is 8.36. The van der Waals surface area contributed by atoms with Crippen LogP contribution in [0.5, 0.6) is 0 Å². The molecule has 1 aromatic heterocycles. The van der Waals surface area contributed by atoms with Gasteiger partial charge in [0.25, 0.3) is 5.69 Å². The Labute approximate surface area is 192 Å². The van der Waals surface area contributed by atoms with Gasteiger partial charge in [0.05, 0.1) is 15.5 Å². The average molecular weight is 523 g/mol.